The van der Waals surface area contributed by atoms with Crippen molar-refractivity contribution < 1.29 is 4.79 Å². The molecule has 0 spiro atoms. The van der Waals surface area contributed by atoms with Gasteiger partial charge in [-0.15, -0.1) is 11.3 Å². The molecule has 1 atom stereocenters. The predicted octanol–water partition coefficient (Wildman–Crippen LogP) is 2.31. The number of anilines is 2. The highest BCUT2D eigenvalue weighted by Crippen LogP contribution is 2.26. The molecular weight excluding hydrogens is 318 g/mol. The third kappa shape index (κ3) is 4.60. The number of hydrogen-bond donors (Lipinski definition) is 3. The minimum absolute atomic E-state index is 0.0138. The molecule has 0 saturated carbocycles. The number of nitrogen functional groups attached to an aromatic ring is 2. The number of aromatic nitrogens is 2. The fourth-order valence-electron chi connectivity index (χ4n) is 1.91. The van der Waals surface area contributed by atoms with Gasteiger partial charge in [-0.3, -0.25) is 4.79 Å². The van der Waals surface area contributed by atoms with Crippen molar-refractivity contribution >= 4 is 40.6 Å². The van der Waals surface area contributed by atoms with Crippen molar-refractivity contribution in [3.05, 3.63) is 28.5 Å². The summed E-state index contributed by atoms with van der Waals surface area (Å²) in [7, 11) is 0. The monoisotopic (exact) mass is 337 g/mol. The molecular formula is C14H19N5OS2. The zero-order valence-corrected chi connectivity index (χ0v) is 14.1. The van der Waals surface area contributed by atoms with E-state index in [1.807, 2.05) is 17.5 Å². The molecule has 0 radical (unpaired) electrons. The Morgan fingerprint density at radius 2 is 2.05 bits per heavy atom. The van der Waals surface area contributed by atoms with E-state index in [4.69, 9.17) is 11.5 Å². The summed E-state index contributed by atoms with van der Waals surface area (Å²) in [5.41, 5.74) is 11.2. The number of carbonyl (C=O) groups is 1. The normalized spacial score (nSPS) is 12.3. The molecule has 2 aromatic heterocycles. The van der Waals surface area contributed by atoms with Gasteiger partial charge in [-0.2, -0.15) is 0 Å². The molecule has 0 saturated heterocycles. The summed E-state index contributed by atoms with van der Waals surface area (Å²) < 4.78 is 0. The van der Waals surface area contributed by atoms with Crippen LogP contribution in [0.1, 0.15) is 24.8 Å². The molecule has 0 fully saturated rings. The number of carbonyl (C=O) groups excluding carboxylic acids is 1. The Balaban J connectivity index is 1.94. The second-order valence-corrected chi connectivity index (χ2v) is 7.02. The SMILES string of the molecule is CC(C)C(NC(=O)CSc1nc(N)cc(N)n1)c1cccs1. The van der Waals surface area contributed by atoms with Gasteiger partial charge >= 0.3 is 0 Å². The first kappa shape index (κ1) is 16.6. The van der Waals surface area contributed by atoms with Gasteiger partial charge in [0.15, 0.2) is 5.16 Å². The van der Waals surface area contributed by atoms with Gasteiger partial charge in [0.1, 0.15) is 11.6 Å². The number of rotatable bonds is 6. The summed E-state index contributed by atoms with van der Waals surface area (Å²) in [5, 5.41) is 5.47. The topological polar surface area (TPSA) is 107 Å². The van der Waals surface area contributed by atoms with Crippen molar-refractivity contribution in [2.45, 2.75) is 25.0 Å². The number of amides is 1. The lowest BCUT2D eigenvalue weighted by Gasteiger charge is -2.21. The maximum Gasteiger partial charge on any atom is 0.230 e. The van der Waals surface area contributed by atoms with Crippen LogP contribution in [0.5, 0.6) is 0 Å². The number of nitrogens with two attached hydrogens (primary N) is 2. The van der Waals surface area contributed by atoms with E-state index in [1.54, 1.807) is 11.3 Å². The largest absolute Gasteiger partial charge is 0.383 e. The highest BCUT2D eigenvalue weighted by Gasteiger charge is 2.19. The lowest BCUT2D eigenvalue weighted by molar-refractivity contribution is -0.119. The number of thioether (sulfide) groups is 1. The Hall–Kier alpha value is -1.80. The van der Waals surface area contributed by atoms with E-state index in [-0.39, 0.29) is 17.7 Å². The van der Waals surface area contributed by atoms with Gasteiger partial charge in [0.25, 0.3) is 0 Å². The molecule has 8 heteroatoms. The first-order valence-corrected chi connectivity index (χ1v) is 8.68. The Morgan fingerprint density at radius 3 is 2.59 bits per heavy atom. The fourth-order valence-corrected chi connectivity index (χ4v) is 3.54. The van der Waals surface area contributed by atoms with Crippen LogP contribution in [0.15, 0.2) is 28.7 Å². The third-order valence-electron chi connectivity index (χ3n) is 2.91. The standard InChI is InChI=1S/C14H19N5OS2/c1-8(2)13(9-4-3-5-21-9)19-12(20)7-22-14-17-10(15)6-11(16)18-14/h3-6,8,13H,7H2,1-2H3,(H,19,20)(H4,15,16,17,18). The molecule has 0 aliphatic carbocycles. The Bertz CT molecular complexity index is 610. The minimum atomic E-state index is -0.0679. The number of nitrogens with one attached hydrogen (secondary N) is 1. The quantitative estimate of drug-likeness (QED) is 0.551. The summed E-state index contributed by atoms with van der Waals surface area (Å²) in [6, 6.07) is 5.51. The van der Waals surface area contributed by atoms with Crippen LogP contribution in [-0.2, 0) is 4.79 Å². The number of nitrogens with zero attached hydrogens (tertiary/aromatic N) is 2. The highest BCUT2D eigenvalue weighted by atomic mass is 32.2. The van der Waals surface area contributed by atoms with E-state index in [0.29, 0.717) is 22.7 Å². The highest BCUT2D eigenvalue weighted by molar-refractivity contribution is 7.99. The van der Waals surface area contributed by atoms with Crippen LogP contribution < -0.4 is 16.8 Å². The van der Waals surface area contributed by atoms with E-state index in [9.17, 15) is 4.79 Å². The van der Waals surface area contributed by atoms with Crippen molar-refractivity contribution in [2.75, 3.05) is 17.2 Å². The van der Waals surface area contributed by atoms with Crippen LogP contribution in [0.3, 0.4) is 0 Å². The van der Waals surface area contributed by atoms with Crippen molar-refractivity contribution in [2.24, 2.45) is 5.92 Å². The van der Waals surface area contributed by atoms with Crippen LogP contribution in [0, 0.1) is 5.92 Å². The van der Waals surface area contributed by atoms with Crippen LogP contribution in [-0.4, -0.2) is 21.6 Å². The van der Waals surface area contributed by atoms with Gasteiger partial charge in [0.2, 0.25) is 5.91 Å². The third-order valence-corrected chi connectivity index (χ3v) is 4.71. The lowest BCUT2D eigenvalue weighted by atomic mass is 10.0. The zero-order chi connectivity index (χ0) is 16.1. The van der Waals surface area contributed by atoms with Crippen molar-refractivity contribution in [1.82, 2.24) is 15.3 Å². The van der Waals surface area contributed by atoms with E-state index >= 15 is 0 Å². The maximum atomic E-state index is 12.2. The van der Waals surface area contributed by atoms with Gasteiger partial charge < -0.3 is 16.8 Å². The molecule has 6 nitrogen and oxygen atoms in total. The number of hydrogen-bond acceptors (Lipinski definition) is 7. The van der Waals surface area contributed by atoms with E-state index in [0.717, 1.165) is 4.88 Å². The smallest absolute Gasteiger partial charge is 0.230 e. The van der Waals surface area contributed by atoms with Gasteiger partial charge in [0.05, 0.1) is 11.8 Å². The maximum absolute atomic E-state index is 12.2. The summed E-state index contributed by atoms with van der Waals surface area (Å²) in [6.45, 7) is 4.17. The molecule has 1 amide bonds. The molecule has 2 aromatic rings. The predicted molar refractivity (Wildman–Crippen MR) is 91.6 cm³/mol. The molecule has 0 bridgehead atoms. The Labute approximate surface area is 137 Å². The second-order valence-electron chi connectivity index (χ2n) is 5.09. The van der Waals surface area contributed by atoms with Crippen molar-refractivity contribution in [3.63, 3.8) is 0 Å². The lowest BCUT2D eigenvalue weighted by Crippen LogP contribution is -2.32. The summed E-state index contributed by atoms with van der Waals surface area (Å²) in [6.07, 6.45) is 0. The van der Waals surface area contributed by atoms with Crippen LogP contribution >= 0.6 is 23.1 Å². The van der Waals surface area contributed by atoms with Gasteiger partial charge in [0, 0.05) is 10.9 Å². The van der Waals surface area contributed by atoms with Crippen LogP contribution in [0.4, 0.5) is 11.6 Å². The fraction of sp³-hybridized carbons (Fsp3) is 0.357. The van der Waals surface area contributed by atoms with Gasteiger partial charge in [-0.05, 0) is 17.4 Å². The van der Waals surface area contributed by atoms with E-state index in [2.05, 4.69) is 29.1 Å². The van der Waals surface area contributed by atoms with Crippen molar-refractivity contribution in [3.8, 4) is 0 Å². The number of thiophene rings is 1. The molecule has 118 valence electrons. The van der Waals surface area contributed by atoms with E-state index < -0.39 is 0 Å². The molecule has 1 unspecified atom stereocenters. The Morgan fingerprint density at radius 1 is 1.36 bits per heavy atom. The molecule has 5 N–H and O–H groups in total. The minimum Gasteiger partial charge on any atom is -0.383 e. The molecule has 2 rings (SSSR count). The Kier molecular flexibility index (Phi) is 5.62. The zero-order valence-electron chi connectivity index (χ0n) is 12.4. The molecule has 0 aliphatic rings. The molecule has 22 heavy (non-hydrogen) atoms. The van der Waals surface area contributed by atoms with E-state index in [1.165, 1.54) is 17.8 Å². The van der Waals surface area contributed by atoms with Crippen LogP contribution in [0.2, 0.25) is 0 Å². The average Bonchev–Trinajstić information content (AvgIpc) is 2.95. The summed E-state index contributed by atoms with van der Waals surface area (Å²) in [5.74, 6) is 1.06. The summed E-state index contributed by atoms with van der Waals surface area (Å²) >= 11 is 2.86. The average molecular weight is 337 g/mol. The van der Waals surface area contributed by atoms with Gasteiger partial charge in [-0.25, -0.2) is 9.97 Å². The molecule has 2 heterocycles. The summed E-state index contributed by atoms with van der Waals surface area (Å²) in [4.78, 5) is 21.4. The van der Waals surface area contributed by atoms with Crippen LogP contribution in [0.25, 0.3) is 0 Å². The van der Waals surface area contributed by atoms with Gasteiger partial charge in [-0.1, -0.05) is 31.7 Å². The van der Waals surface area contributed by atoms with Crippen molar-refractivity contribution in [1.29, 1.82) is 0 Å². The first-order valence-electron chi connectivity index (χ1n) is 6.81. The second kappa shape index (κ2) is 7.46. The molecule has 0 aliphatic heterocycles. The first-order chi connectivity index (χ1) is 10.5. The molecule has 0 aromatic carbocycles.